The number of piperazine rings is 1. The zero-order chi connectivity index (χ0) is 22.5. The van der Waals surface area contributed by atoms with Gasteiger partial charge in [0.1, 0.15) is 6.04 Å². The molecule has 1 unspecified atom stereocenters. The van der Waals surface area contributed by atoms with Crippen molar-refractivity contribution in [2.45, 2.75) is 13.0 Å². The fourth-order valence-electron chi connectivity index (χ4n) is 3.85. The summed E-state index contributed by atoms with van der Waals surface area (Å²) in [5, 5.41) is 0.612. The van der Waals surface area contributed by atoms with E-state index in [9.17, 15) is 9.59 Å². The second-order valence-corrected chi connectivity index (χ2v) is 7.95. The molecule has 32 heavy (non-hydrogen) atoms. The standard InChI is InChI=1S/C24H25ClN2O5/c1-2-30-24(29)23(18-5-7-19(25)8-6-18)27-13-11-26(12-14-27)22(28)10-4-17-3-9-20-21(15-17)32-16-31-20/h3-10,15,23H,2,11-14,16H2,1H3. The number of carbonyl (C=O) groups is 2. The number of amides is 1. The lowest BCUT2D eigenvalue weighted by molar-refractivity contribution is -0.151. The van der Waals surface area contributed by atoms with Crippen LogP contribution in [0, 0.1) is 0 Å². The summed E-state index contributed by atoms with van der Waals surface area (Å²) in [5.74, 6) is 1.03. The zero-order valence-electron chi connectivity index (χ0n) is 17.8. The van der Waals surface area contributed by atoms with Crippen molar-refractivity contribution in [1.29, 1.82) is 0 Å². The van der Waals surface area contributed by atoms with Gasteiger partial charge in [-0.1, -0.05) is 29.8 Å². The van der Waals surface area contributed by atoms with Crippen LogP contribution in [0.2, 0.25) is 5.02 Å². The van der Waals surface area contributed by atoms with Crippen molar-refractivity contribution in [2.75, 3.05) is 39.6 Å². The molecule has 2 aromatic carbocycles. The Balaban J connectivity index is 1.38. The first-order chi connectivity index (χ1) is 15.5. The Bertz CT molecular complexity index is 1000. The van der Waals surface area contributed by atoms with Crippen molar-refractivity contribution in [3.05, 3.63) is 64.7 Å². The highest BCUT2D eigenvalue weighted by molar-refractivity contribution is 6.30. The predicted octanol–water partition coefficient (Wildman–Crippen LogP) is 3.53. The molecule has 1 fully saturated rings. The lowest BCUT2D eigenvalue weighted by atomic mass is 10.0. The maximum Gasteiger partial charge on any atom is 0.328 e. The van der Waals surface area contributed by atoms with E-state index in [1.807, 2.05) is 35.2 Å². The smallest absolute Gasteiger partial charge is 0.328 e. The molecular weight excluding hydrogens is 432 g/mol. The van der Waals surface area contributed by atoms with Gasteiger partial charge in [-0.15, -0.1) is 0 Å². The van der Waals surface area contributed by atoms with Crippen LogP contribution in [0.15, 0.2) is 48.5 Å². The summed E-state index contributed by atoms with van der Waals surface area (Å²) in [4.78, 5) is 29.2. The molecular formula is C24H25ClN2O5. The quantitative estimate of drug-likeness (QED) is 0.489. The highest BCUT2D eigenvalue weighted by Crippen LogP contribution is 2.33. The SMILES string of the molecule is CCOC(=O)C(c1ccc(Cl)cc1)N1CCN(C(=O)C=Cc2ccc3c(c2)OCO3)CC1. The summed E-state index contributed by atoms with van der Waals surface area (Å²) in [7, 11) is 0. The number of rotatable bonds is 6. The third kappa shape index (κ3) is 5.06. The van der Waals surface area contributed by atoms with Gasteiger partial charge in [0.05, 0.1) is 6.61 Å². The van der Waals surface area contributed by atoms with Crippen molar-refractivity contribution in [3.8, 4) is 11.5 Å². The van der Waals surface area contributed by atoms with Crippen LogP contribution < -0.4 is 9.47 Å². The molecule has 0 bridgehead atoms. The Morgan fingerprint density at radius 2 is 1.78 bits per heavy atom. The van der Waals surface area contributed by atoms with Crippen molar-refractivity contribution in [2.24, 2.45) is 0 Å². The summed E-state index contributed by atoms with van der Waals surface area (Å²) in [6.07, 6.45) is 3.33. The van der Waals surface area contributed by atoms with E-state index in [2.05, 4.69) is 0 Å². The molecule has 168 valence electrons. The maximum atomic E-state index is 12.7. The molecule has 1 atom stereocenters. The number of hydrogen-bond donors (Lipinski definition) is 0. The molecule has 1 amide bonds. The Morgan fingerprint density at radius 1 is 1.06 bits per heavy atom. The van der Waals surface area contributed by atoms with Gasteiger partial charge in [0.15, 0.2) is 11.5 Å². The zero-order valence-corrected chi connectivity index (χ0v) is 18.6. The van der Waals surface area contributed by atoms with Crippen molar-refractivity contribution in [1.82, 2.24) is 9.80 Å². The summed E-state index contributed by atoms with van der Waals surface area (Å²) in [6.45, 7) is 4.49. The largest absolute Gasteiger partial charge is 0.465 e. The van der Waals surface area contributed by atoms with Crippen LogP contribution in [-0.2, 0) is 14.3 Å². The molecule has 0 radical (unpaired) electrons. The molecule has 0 spiro atoms. The topological polar surface area (TPSA) is 68.3 Å². The van der Waals surface area contributed by atoms with Gasteiger partial charge in [-0.2, -0.15) is 0 Å². The number of nitrogens with zero attached hydrogens (tertiary/aromatic N) is 2. The van der Waals surface area contributed by atoms with Crippen LogP contribution in [0.3, 0.4) is 0 Å². The molecule has 4 rings (SSSR count). The minimum Gasteiger partial charge on any atom is -0.465 e. The number of hydrogen-bond acceptors (Lipinski definition) is 6. The van der Waals surface area contributed by atoms with Crippen LogP contribution in [0.4, 0.5) is 0 Å². The van der Waals surface area contributed by atoms with Gasteiger partial charge in [-0.3, -0.25) is 9.69 Å². The molecule has 8 heteroatoms. The maximum absolute atomic E-state index is 12.7. The average Bonchev–Trinajstić information content (AvgIpc) is 3.27. The third-order valence-electron chi connectivity index (χ3n) is 5.50. The van der Waals surface area contributed by atoms with Gasteiger partial charge in [-0.25, -0.2) is 4.79 Å². The first kappa shape index (κ1) is 22.2. The van der Waals surface area contributed by atoms with Crippen LogP contribution in [0.5, 0.6) is 11.5 Å². The molecule has 1 saturated heterocycles. The van der Waals surface area contributed by atoms with E-state index in [0.717, 1.165) is 11.1 Å². The molecule has 0 N–H and O–H groups in total. The number of halogens is 1. The number of ether oxygens (including phenoxy) is 3. The first-order valence-electron chi connectivity index (χ1n) is 10.6. The van der Waals surface area contributed by atoms with E-state index < -0.39 is 6.04 Å². The highest BCUT2D eigenvalue weighted by Gasteiger charge is 2.32. The highest BCUT2D eigenvalue weighted by atomic mass is 35.5. The Hall–Kier alpha value is -3.03. The van der Waals surface area contributed by atoms with E-state index in [1.165, 1.54) is 0 Å². The second kappa shape index (κ2) is 10.1. The van der Waals surface area contributed by atoms with E-state index in [1.54, 1.807) is 36.1 Å². The van der Waals surface area contributed by atoms with Crippen molar-refractivity contribution in [3.63, 3.8) is 0 Å². The number of fused-ring (bicyclic) bond motifs is 1. The number of esters is 1. The molecule has 2 aliphatic rings. The molecule has 0 saturated carbocycles. The van der Waals surface area contributed by atoms with Gasteiger partial charge in [0.2, 0.25) is 12.7 Å². The monoisotopic (exact) mass is 456 g/mol. The van der Waals surface area contributed by atoms with Gasteiger partial charge >= 0.3 is 5.97 Å². The molecule has 2 aromatic rings. The number of carbonyl (C=O) groups excluding carboxylic acids is 2. The van der Waals surface area contributed by atoms with Crippen molar-refractivity contribution >= 4 is 29.6 Å². The summed E-state index contributed by atoms with van der Waals surface area (Å²) < 4.78 is 16.0. The van der Waals surface area contributed by atoms with Crippen LogP contribution in [0.25, 0.3) is 6.08 Å². The average molecular weight is 457 g/mol. The van der Waals surface area contributed by atoms with Gasteiger partial charge < -0.3 is 19.1 Å². The Morgan fingerprint density at radius 3 is 2.50 bits per heavy atom. The van der Waals surface area contributed by atoms with Gasteiger partial charge in [0, 0.05) is 37.3 Å². The summed E-state index contributed by atoms with van der Waals surface area (Å²) >= 11 is 6.00. The first-order valence-corrected chi connectivity index (χ1v) is 11.0. The van der Waals surface area contributed by atoms with Crippen LogP contribution in [0.1, 0.15) is 24.1 Å². The van der Waals surface area contributed by atoms with Crippen molar-refractivity contribution < 1.29 is 23.8 Å². The Kier molecular flexibility index (Phi) is 6.97. The lowest BCUT2D eigenvalue weighted by Gasteiger charge is -2.38. The number of benzene rings is 2. The van der Waals surface area contributed by atoms with E-state index in [4.69, 9.17) is 25.8 Å². The van der Waals surface area contributed by atoms with Gasteiger partial charge in [0.25, 0.3) is 0 Å². The predicted molar refractivity (Wildman–Crippen MR) is 121 cm³/mol. The summed E-state index contributed by atoms with van der Waals surface area (Å²) in [5.41, 5.74) is 1.70. The molecule has 7 nitrogen and oxygen atoms in total. The fraction of sp³-hybridized carbons (Fsp3) is 0.333. The van der Waals surface area contributed by atoms with Crippen LogP contribution >= 0.6 is 11.6 Å². The van der Waals surface area contributed by atoms with Gasteiger partial charge in [-0.05, 0) is 48.4 Å². The minimum atomic E-state index is -0.520. The third-order valence-corrected chi connectivity index (χ3v) is 5.75. The Labute approximate surface area is 192 Å². The lowest BCUT2D eigenvalue weighted by Crippen LogP contribution is -2.50. The molecule has 2 aliphatic heterocycles. The fourth-order valence-corrected chi connectivity index (χ4v) is 3.98. The minimum absolute atomic E-state index is 0.0681. The second-order valence-electron chi connectivity index (χ2n) is 7.51. The molecule has 2 heterocycles. The normalized spacial score (nSPS) is 16.9. The summed E-state index contributed by atoms with van der Waals surface area (Å²) in [6, 6.07) is 12.3. The molecule has 0 aromatic heterocycles. The van der Waals surface area contributed by atoms with E-state index in [-0.39, 0.29) is 18.7 Å². The van der Waals surface area contributed by atoms with E-state index >= 15 is 0 Å². The van der Waals surface area contributed by atoms with Crippen LogP contribution in [-0.4, -0.2) is 61.3 Å². The molecule has 0 aliphatic carbocycles. The van der Waals surface area contributed by atoms with E-state index in [0.29, 0.717) is 49.3 Å².